The van der Waals surface area contributed by atoms with E-state index in [1.165, 1.54) is 33.9 Å². The van der Waals surface area contributed by atoms with Crippen LogP contribution in [-0.4, -0.2) is 20.5 Å². The van der Waals surface area contributed by atoms with E-state index in [1.807, 2.05) is 0 Å². The van der Waals surface area contributed by atoms with Crippen LogP contribution in [0.25, 0.3) is 4.96 Å². The number of hydrogen-bond donors (Lipinski definition) is 1. The number of benzene rings is 1. The lowest BCUT2D eigenvalue weighted by molar-refractivity contribution is 0.0686. The zero-order valence-electron chi connectivity index (χ0n) is 10.3. The van der Waals surface area contributed by atoms with Gasteiger partial charge in [-0.3, -0.25) is 4.40 Å². The van der Waals surface area contributed by atoms with Crippen LogP contribution >= 0.6 is 11.3 Å². The number of hydrogen-bond acceptors (Lipinski definition) is 4. The first-order chi connectivity index (χ1) is 9.56. The van der Waals surface area contributed by atoms with Gasteiger partial charge >= 0.3 is 5.97 Å². The normalized spacial score (nSPS) is 10.9. The third-order valence-electron chi connectivity index (χ3n) is 2.78. The standard InChI is InChI=1S/C13H9FN2O3S/c1-7-6-8(14)2-3-9(7)19-11-10(12(17)18)16-4-5-20-13(16)15-11/h2-6H,1H3,(H,17,18). The third kappa shape index (κ3) is 2.01. The van der Waals surface area contributed by atoms with Crippen molar-refractivity contribution < 1.29 is 19.0 Å². The molecule has 1 N–H and O–H groups in total. The average Bonchev–Trinajstić information content (AvgIpc) is 2.91. The molecular formula is C13H9FN2O3S. The fraction of sp³-hybridized carbons (Fsp3) is 0.0769. The number of aromatic nitrogens is 2. The molecule has 0 radical (unpaired) electrons. The van der Waals surface area contributed by atoms with Gasteiger partial charge in [-0.25, -0.2) is 9.18 Å². The molecule has 0 unspecified atom stereocenters. The smallest absolute Gasteiger partial charge is 0.358 e. The van der Waals surface area contributed by atoms with Crippen LogP contribution in [0.3, 0.4) is 0 Å². The van der Waals surface area contributed by atoms with E-state index in [2.05, 4.69) is 4.98 Å². The zero-order chi connectivity index (χ0) is 14.3. The number of aromatic carboxylic acids is 1. The van der Waals surface area contributed by atoms with Gasteiger partial charge < -0.3 is 9.84 Å². The first kappa shape index (κ1) is 12.6. The second-order valence-electron chi connectivity index (χ2n) is 4.14. The number of rotatable bonds is 3. The van der Waals surface area contributed by atoms with Crippen LogP contribution in [-0.2, 0) is 0 Å². The largest absolute Gasteiger partial charge is 0.476 e. The molecule has 0 aliphatic rings. The lowest BCUT2D eigenvalue weighted by Crippen LogP contribution is -2.03. The summed E-state index contributed by atoms with van der Waals surface area (Å²) in [6, 6.07) is 4.01. The lowest BCUT2D eigenvalue weighted by Gasteiger charge is -2.06. The number of carboxylic acids is 1. The average molecular weight is 292 g/mol. The van der Waals surface area contributed by atoms with Crippen molar-refractivity contribution in [1.29, 1.82) is 0 Å². The maximum Gasteiger partial charge on any atom is 0.358 e. The number of carboxylic acid groups (broad SMARTS) is 1. The summed E-state index contributed by atoms with van der Waals surface area (Å²) in [6.07, 6.45) is 1.61. The highest BCUT2D eigenvalue weighted by Gasteiger charge is 2.21. The van der Waals surface area contributed by atoms with Crippen molar-refractivity contribution in [3.63, 3.8) is 0 Å². The van der Waals surface area contributed by atoms with Gasteiger partial charge in [0.25, 0.3) is 5.88 Å². The minimum atomic E-state index is -1.13. The second kappa shape index (κ2) is 4.61. The van der Waals surface area contributed by atoms with Gasteiger partial charge in [0.2, 0.25) is 0 Å². The van der Waals surface area contributed by atoms with E-state index in [9.17, 15) is 14.3 Å². The number of imidazole rings is 1. The molecule has 7 heteroatoms. The predicted molar refractivity (Wildman–Crippen MR) is 71.2 cm³/mol. The zero-order valence-corrected chi connectivity index (χ0v) is 11.1. The molecule has 1 aromatic carbocycles. The molecule has 0 saturated carbocycles. The Bertz CT molecular complexity index is 809. The number of ether oxygens (including phenoxy) is 1. The Morgan fingerprint density at radius 2 is 2.30 bits per heavy atom. The summed E-state index contributed by atoms with van der Waals surface area (Å²) in [5.41, 5.74) is 0.516. The molecule has 0 atom stereocenters. The SMILES string of the molecule is Cc1cc(F)ccc1Oc1nc2sccn2c1C(=O)O. The maximum absolute atomic E-state index is 13.0. The van der Waals surface area contributed by atoms with E-state index < -0.39 is 5.97 Å². The van der Waals surface area contributed by atoms with E-state index in [0.717, 1.165) is 0 Å². The van der Waals surface area contributed by atoms with Crippen LogP contribution in [0.5, 0.6) is 11.6 Å². The number of aryl methyl sites for hydroxylation is 1. The van der Waals surface area contributed by atoms with Crippen LogP contribution in [0.15, 0.2) is 29.8 Å². The molecule has 0 aliphatic heterocycles. The van der Waals surface area contributed by atoms with E-state index >= 15 is 0 Å². The number of carbonyl (C=O) groups is 1. The molecule has 5 nitrogen and oxygen atoms in total. The van der Waals surface area contributed by atoms with E-state index in [1.54, 1.807) is 18.5 Å². The molecule has 0 amide bonds. The maximum atomic E-state index is 13.0. The monoisotopic (exact) mass is 292 g/mol. The van der Waals surface area contributed by atoms with Crippen molar-refractivity contribution in [1.82, 2.24) is 9.38 Å². The number of halogens is 1. The molecule has 3 aromatic rings. The molecule has 0 spiro atoms. The first-order valence-corrected chi connectivity index (χ1v) is 6.57. The highest BCUT2D eigenvalue weighted by Crippen LogP contribution is 2.30. The molecule has 0 aliphatic carbocycles. The van der Waals surface area contributed by atoms with Crippen molar-refractivity contribution in [2.75, 3.05) is 0 Å². The van der Waals surface area contributed by atoms with Crippen molar-refractivity contribution in [3.05, 3.63) is 46.9 Å². The second-order valence-corrected chi connectivity index (χ2v) is 5.01. The highest BCUT2D eigenvalue weighted by molar-refractivity contribution is 7.15. The Kier molecular flexibility index (Phi) is 2.90. The van der Waals surface area contributed by atoms with Gasteiger partial charge in [0, 0.05) is 11.6 Å². The number of nitrogens with zero attached hydrogens (tertiary/aromatic N) is 2. The van der Waals surface area contributed by atoms with Crippen LogP contribution in [0.4, 0.5) is 4.39 Å². The van der Waals surface area contributed by atoms with Crippen LogP contribution in [0.1, 0.15) is 16.1 Å². The number of thiazole rings is 1. The summed E-state index contributed by atoms with van der Waals surface area (Å²) in [4.78, 5) is 16.0. The Labute approximate surface area is 116 Å². The summed E-state index contributed by atoms with van der Waals surface area (Å²) in [5, 5.41) is 11.0. The Balaban J connectivity index is 2.08. The minimum Gasteiger partial charge on any atom is -0.476 e. The molecule has 3 rings (SSSR count). The van der Waals surface area contributed by atoms with Crippen LogP contribution in [0.2, 0.25) is 0 Å². The Hall–Kier alpha value is -2.41. The van der Waals surface area contributed by atoms with Crippen molar-refractivity contribution >= 4 is 22.3 Å². The van der Waals surface area contributed by atoms with Crippen molar-refractivity contribution in [2.24, 2.45) is 0 Å². The summed E-state index contributed by atoms with van der Waals surface area (Å²) >= 11 is 1.31. The summed E-state index contributed by atoms with van der Waals surface area (Å²) in [6.45, 7) is 1.68. The van der Waals surface area contributed by atoms with Gasteiger partial charge in [-0.2, -0.15) is 4.98 Å². The minimum absolute atomic E-state index is 0.000872. The highest BCUT2D eigenvalue weighted by atomic mass is 32.1. The van der Waals surface area contributed by atoms with Crippen molar-refractivity contribution in [3.8, 4) is 11.6 Å². The van der Waals surface area contributed by atoms with Gasteiger partial charge in [-0.15, -0.1) is 11.3 Å². The molecule has 0 saturated heterocycles. The van der Waals surface area contributed by atoms with Gasteiger partial charge in [0.15, 0.2) is 10.7 Å². The van der Waals surface area contributed by atoms with Gasteiger partial charge in [0.1, 0.15) is 11.6 Å². The molecular weight excluding hydrogens is 283 g/mol. The third-order valence-corrected chi connectivity index (χ3v) is 3.53. The quantitative estimate of drug-likeness (QED) is 0.804. The van der Waals surface area contributed by atoms with Crippen LogP contribution < -0.4 is 4.74 Å². The van der Waals surface area contributed by atoms with Crippen LogP contribution in [0, 0.1) is 12.7 Å². The first-order valence-electron chi connectivity index (χ1n) is 5.69. The number of fused-ring (bicyclic) bond motifs is 1. The fourth-order valence-corrected chi connectivity index (χ4v) is 2.57. The molecule has 102 valence electrons. The van der Waals surface area contributed by atoms with E-state index in [4.69, 9.17) is 4.74 Å². The van der Waals surface area contributed by atoms with E-state index in [0.29, 0.717) is 16.3 Å². The summed E-state index contributed by atoms with van der Waals surface area (Å²) in [7, 11) is 0. The molecule has 0 fully saturated rings. The van der Waals surface area contributed by atoms with Gasteiger partial charge in [-0.05, 0) is 30.7 Å². The van der Waals surface area contributed by atoms with Gasteiger partial charge in [-0.1, -0.05) is 0 Å². The van der Waals surface area contributed by atoms with Gasteiger partial charge in [0.05, 0.1) is 0 Å². The molecule has 2 heterocycles. The van der Waals surface area contributed by atoms with Crippen molar-refractivity contribution in [2.45, 2.75) is 6.92 Å². The summed E-state index contributed by atoms with van der Waals surface area (Å²) in [5.74, 6) is -1.14. The Morgan fingerprint density at radius 1 is 1.50 bits per heavy atom. The summed E-state index contributed by atoms with van der Waals surface area (Å²) < 4.78 is 20.0. The topological polar surface area (TPSA) is 63.8 Å². The molecule has 2 aromatic heterocycles. The van der Waals surface area contributed by atoms with E-state index in [-0.39, 0.29) is 17.4 Å². The molecule has 20 heavy (non-hydrogen) atoms. The predicted octanol–water partition coefficient (Wildman–Crippen LogP) is 3.33. The Morgan fingerprint density at radius 3 is 3.00 bits per heavy atom. The fourth-order valence-electron chi connectivity index (χ4n) is 1.86. The lowest BCUT2D eigenvalue weighted by atomic mass is 10.2. The molecule has 0 bridgehead atoms.